The summed E-state index contributed by atoms with van der Waals surface area (Å²) in [6.45, 7) is 1.05. The molecule has 17 heavy (non-hydrogen) atoms. The van der Waals surface area contributed by atoms with Gasteiger partial charge in [-0.3, -0.25) is 4.79 Å². The highest BCUT2D eigenvalue weighted by Crippen LogP contribution is 2.17. The van der Waals surface area contributed by atoms with Gasteiger partial charge in [0.2, 0.25) is 0 Å². The Hall–Kier alpha value is -1.39. The normalized spacial score (nSPS) is 10.2. The maximum absolute atomic E-state index is 11.6. The highest BCUT2D eigenvalue weighted by molar-refractivity contribution is 5.82. The number of carbonyl (C=O) groups is 1. The topological polar surface area (TPSA) is 44.8 Å². The van der Waals surface area contributed by atoms with Crippen LogP contribution in [0.15, 0.2) is 24.3 Å². The Kier molecular flexibility index (Phi) is 6.29. The minimum Gasteiger partial charge on any atom is -0.496 e. The number of hydrogen-bond donors (Lipinski definition) is 0. The van der Waals surface area contributed by atoms with E-state index in [4.69, 9.17) is 14.2 Å². The summed E-state index contributed by atoms with van der Waals surface area (Å²) in [5.74, 6) is 0.767. The molecule has 0 fully saturated rings. The summed E-state index contributed by atoms with van der Waals surface area (Å²) in [7, 11) is 3.19. The van der Waals surface area contributed by atoms with Gasteiger partial charge in [0.15, 0.2) is 5.78 Å². The van der Waals surface area contributed by atoms with Crippen LogP contribution in [0.2, 0.25) is 0 Å². The fraction of sp³-hybridized carbons (Fsp3) is 0.462. The average molecular weight is 238 g/mol. The number of ketones is 1. The quantitative estimate of drug-likeness (QED) is 0.643. The van der Waals surface area contributed by atoms with Crippen molar-refractivity contribution in [3.05, 3.63) is 29.8 Å². The van der Waals surface area contributed by atoms with Crippen LogP contribution in [-0.4, -0.2) is 39.8 Å². The zero-order valence-corrected chi connectivity index (χ0v) is 10.3. The fourth-order valence-corrected chi connectivity index (χ4v) is 1.44. The van der Waals surface area contributed by atoms with Crippen molar-refractivity contribution in [2.45, 2.75) is 6.42 Å². The third-order valence-corrected chi connectivity index (χ3v) is 2.27. The van der Waals surface area contributed by atoms with Gasteiger partial charge in [0.1, 0.15) is 12.4 Å². The van der Waals surface area contributed by atoms with Gasteiger partial charge in [-0.1, -0.05) is 18.2 Å². The summed E-state index contributed by atoms with van der Waals surface area (Å²) in [6.07, 6.45) is 0.330. The van der Waals surface area contributed by atoms with Crippen molar-refractivity contribution in [3.8, 4) is 5.75 Å². The molecule has 0 saturated carbocycles. The number of hydrogen-bond acceptors (Lipinski definition) is 4. The van der Waals surface area contributed by atoms with Crippen LogP contribution in [0.1, 0.15) is 5.56 Å². The molecule has 0 radical (unpaired) electrons. The minimum absolute atomic E-state index is 0.0330. The summed E-state index contributed by atoms with van der Waals surface area (Å²) in [5.41, 5.74) is 0.885. The second-order valence-corrected chi connectivity index (χ2v) is 3.57. The van der Waals surface area contributed by atoms with Crippen LogP contribution < -0.4 is 4.74 Å². The Morgan fingerprint density at radius 3 is 2.65 bits per heavy atom. The molecule has 4 nitrogen and oxygen atoms in total. The lowest BCUT2D eigenvalue weighted by atomic mass is 10.1. The first-order valence-corrected chi connectivity index (χ1v) is 5.48. The van der Waals surface area contributed by atoms with Crippen LogP contribution in [0.5, 0.6) is 5.75 Å². The highest BCUT2D eigenvalue weighted by atomic mass is 16.5. The predicted molar refractivity (Wildman–Crippen MR) is 64.4 cm³/mol. The number of ether oxygens (including phenoxy) is 3. The van der Waals surface area contributed by atoms with E-state index in [0.717, 1.165) is 11.3 Å². The molecule has 94 valence electrons. The number of methoxy groups -OCH3 is 2. The van der Waals surface area contributed by atoms with Crippen molar-refractivity contribution in [2.24, 2.45) is 0 Å². The molecule has 0 aromatic heterocycles. The summed E-state index contributed by atoms with van der Waals surface area (Å²) >= 11 is 0. The Morgan fingerprint density at radius 1 is 1.18 bits per heavy atom. The molecule has 0 unspecified atom stereocenters. The molecule has 0 aliphatic carbocycles. The lowest BCUT2D eigenvalue weighted by Gasteiger charge is -2.07. The van der Waals surface area contributed by atoms with Crippen LogP contribution >= 0.6 is 0 Å². The van der Waals surface area contributed by atoms with Crippen molar-refractivity contribution < 1.29 is 19.0 Å². The zero-order valence-electron chi connectivity index (χ0n) is 10.3. The molecule has 0 heterocycles. The van der Waals surface area contributed by atoms with Gasteiger partial charge < -0.3 is 14.2 Å². The molecule has 1 aromatic carbocycles. The highest BCUT2D eigenvalue weighted by Gasteiger charge is 2.08. The second kappa shape index (κ2) is 7.81. The van der Waals surface area contributed by atoms with E-state index < -0.39 is 0 Å². The maximum Gasteiger partial charge on any atom is 0.162 e. The lowest BCUT2D eigenvalue weighted by Crippen LogP contribution is -2.14. The third-order valence-electron chi connectivity index (χ3n) is 2.27. The fourth-order valence-electron chi connectivity index (χ4n) is 1.44. The van der Waals surface area contributed by atoms with Gasteiger partial charge in [-0.2, -0.15) is 0 Å². The van der Waals surface area contributed by atoms with Crippen molar-refractivity contribution in [1.82, 2.24) is 0 Å². The van der Waals surface area contributed by atoms with Crippen molar-refractivity contribution in [1.29, 1.82) is 0 Å². The van der Waals surface area contributed by atoms with Crippen LogP contribution in [0.3, 0.4) is 0 Å². The smallest absolute Gasteiger partial charge is 0.162 e. The minimum atomic E-state index is 0.0330. The summed E-state index contributed by atoms with van der Waals surface area (Å²) in [6, 6.07) is 7.49. The molecule has 0 amide bonds. The molecular formula is C13H18O4. The zero-order chi connectivity index (χ0) is 12.5. The van der Waals surface area contributed by atoms with Gasteiger partial charge in [-0.05, 0) is 6.07 Å². The Bertz CT molecular complexity index is 349. The summed E-state index contributed by atoms with van der Waals surface area (Å²) < 4.78 is 15.2. The molecule has 0 aliphatic heterocycles. The lowest BCUT2D eigenvalue weighted by molar-refractivity contribution is -0.123. The van der Waals surface area contributed by atoms with Crippen molar-refractivity contribution in [2.75, 3.05) is 34.0 Å². The van der Waals surface area contributed by atoms with Crippen LogP contribution in [0.4, 0.5) is 0 Å². The molecule has 4 heteroatoms. The summed E-state index contributed by atoms with van der Waals surface area (Å²) in [5, 5.41) is 0. The maximum atomic E-state index is 11.6. The Balaban J connectivity index is 2.39. The van der Waals surface area contributed by atoms with E-state index in [9.17, 15) is 4.79 Å². The SMILES string of the molecule is COCCOCC(=O)Cc1ccccc1OC. The largest absolute Gasteiger partial charge is 0.496 e. The molecule has 1 aromatic rings. The Morgan fingerprint density at radius 2 is 1.94 bits per heavy atom. The number of Topliss-reactive ketones (excluding diaryl/α,β-unsaturated/α-hetero) is 1. The Labute approximate surface area is 101 Å². The number of benzene rings is 1. The molecule has 0 aliphatic rings. The number of rotatable bonds is 8. The average Bonchev–Trinajstić information content (AvgIpc) is 2.35. The molecule has 1 rings (SSSR count). The molecule has 0 atom stereocenters. The first-order chi connectivity index (χ1) is 8.27. The standard InChI is InChI=1S/C13H18O4/c1-15-7-8-17-10-12(14)9-11-5-3-4-6-13(11)16-2/h3-6H,7-10H2,1-2H3. The molecular weight excluding hydrogens is 220 g/mol. The van der Waals surface area contributed by atoms with Gasteiger partial charge in [0.25, 0.3) is 0 Å². The van der Waals surface area contributed by atoms with E-state index in [1.165, 1.54) is 0 Å². The van der Waals surface area contributed by atoms with Crippen molar-refractivity contribution in [3.63, 3.8) is 0 Å². The molecule has 0 N–H and O–H groups in total. The summed E-state index contributed by atoms with van der Waals surface area (Å²) in [4.78, 5) is 11.6. The molecule has 0 spiro atoms. The van der Waals surface area contributed by atoms with Gasteiger partial charge >= 0.3 is 0 Å². The van der Waals surface area contributed by atoms with E-state index in [1.807, 2.05) is 24.3 Å². The van der Waals surface area contributed by atoms with E-state index >= 15 is 0 Å². The van der Waals surface area contributed by atoms with Gasteiger partial charge in [0, 0.05) is 19.1 Å². The second-order valence-electron chi connectivity index (χ2n) is 3.57. The molecule has 0 saturated heterocycles. The van der Waals surface area contributed by atoms with E-state index in [-0.39, 0.29) is 12.4 Å². The van der Waals surface area contributed by atoms with Gasteiger partial charge in [0.05, 0.1) is 20.3 Å². The van der Waals surface area contributed by atoms with Gasteiger partial charge in [-0.25, -0.2) is 0 Å². The van der Waals surface area contributed by atoms with Crippen LogP contribution in [0.25, 0.3) is 0 Å². The van der Waals surface area contributed by atoms with Crippen LogP contribution in [-0.2, 0) is 20.7 Å². The van der Waals surface area contributed by atoms with Crippen molar-refractivity contribution >= 4 is 5.78 Å². The third kappa shape index (κ3) is 4.97. The van der Waals surface area contributed by atoms with E-state index in [2.05, 4.69) is 0 Å². The number of para-hydroxylation sites is 1. The van der Waals surface area contributed by atoms with E-state index in [0.29, 0.717) is 19.6 Å². The molecule has 0 bridgehead atoms. The monoisotopic (exact) mass is 238 g/mol. The first kappa shape index (κ1) is 13.7. The first-order valence-electron chi connectivity index (χ1n) is 5.48. The van der Waals surface area contributed by atoms with E-state index in [1.54, 1.807) is 14.2 Å². The van der Waals surface area contributed by atoms with Crippen LogP contribution in [0, 0.1) is 0 Å². The number of carbonyl (C=O) groups excluding carboxylic acids is 1. The predicted octanol–water partition coefficient (Wildman–Crippen LogP) is 1.47. The van der Waals surface area contributed by atoms with Gasteiger partial charge in [-0.15, -0.1) is 0 Å².